The topological polar surface area (TPSA) is 88.3 Å². The van der Waals surface area contributed by atoms with E-state index in [-0.39, 0.29) is 17.2 Å². The SMILES string of the molecule is CNC(=O)c1sc2nc([C@@]3(C)CCCN(C(=O)c4ccccc4)C3)ccc2c1N. The average Bonchev–Trinajstić information content (AvgIpc) is 3.09. The summed E-state index contributed by atoms with van der Waals surface area (Å²) >= 11 is 1.31. The quantitative estimate of drug-likeness (QED) is 0.695. The Morgan fingerprint density at radius 1 is 1.21 bits per heavy atom. The van der Waals surface area contributed by atoms with E-state index in [0.717, 1.165) is 35.3 Å². The number of anilines is 1. The van der Waals surface area contributed by atoms with Crippen molar-refractivity contribution in [1.29, 1.82) is 0 Å². The van der Waals surface area contributed by atoms with Crippen LogP contribution < -0.4 is 11.1 Å². The number of benzene rings is 1. The maximum Gasteiger partial charge on any atom is 0.263 e. The maximum absolute atomic E-state index is 12.9. The first-order valence-corrected chi connectivity index (χ1v) is 10.5. The lowest BCUT2D eigenvalue weighted by Crippen LogP contribution is -2.47. The van der Waals surface area contributed by atoms with Gasteiger partial charge < -0.3 is 16.0 Å². The van der Waals surface area contributed by atoms with Crippen molar-refractivity contribution in [3.05, 3.63) is 58.6 Å². The first-order chi connectivity index (χ1) is 13.9. The van der Waals surface area contributed by atoms with Crippen LogP contribution in [0.2, 0.25) is 0 Å². The number of nitrogen functional groups attached to an aromatic ring is 1. The van der Waals surface area contributed by atoms with Crippen LogP contribution >= 0.6 is 11.3 Å². The molecule has 6 nitrogen and oxygen atoms in total. The molecule has 0 saturated carbocycles. The van der Waals surface area contributed by atoms with Crippen molar-refractivity contribution in [2.24, 2.45) is 0 Å². The van der Waals surface area contributed by atoms with Gasteiger partial charge in [0.15, 0.2) is 0 Å². The minimum atomic E-state index is -0.247. The van der Waals surface area contributed by atoms with E-state index in [1.807, 2.05) is 47.4 Å². The number of nitrogens with one attached hydrogen (secondary N) is 1. The molecule has 3 N–H and O–H groups in total. The summed E-state index contributed by atoms with van der Waals surface area (Å²) in [6.07, 6.45) is 1.87. The molecule has 3 heterocycles. The Balaban J connectivity index is 1.65. The summed E-state index contributed by atoms with van der Waals surface area (Å²) in [5, 5.41) is 3.42. The molecular formula is C22H24N4O2S. The van der Waals surface area contributed by atoms with Crippen molar-refractivity contribution in [2.75, 3.05) is 25.9 Å². The third-order valence-corrected chi connectivity index (χ3v) is 6.76. The van der Waals surface area contributed by atoms with Gasteiger partial charge in [-0.15, -0.1) is 11.3 Å². The van der Waals surface area contributed by atoms with Crippen molar-refractivity contribution in [3.63, 3.8) is 0 Å². The second kappa shape index (κ2) is 7.48. The highest BCUT2D eigenvalue weighted by Gasteiger charge is 2.36. The maximum atomic E-state index is 12.9. The van der Waals surface area contributed by atoms with E-state index < -0.39 is 0 Å². The third kappa shape index (κ3) is 3.46. The molecule has 29 heavy (non-hydrogen) atoms. The molecule has 0 aliphatic carbocycles. The number of nitrogens with two attached hydrogens (primary N) is 1. The van der Waals surface area contributed by atoms with Gasteiger partial charge in [-0.25, -0.2) is 4.98 Å². The molecule has 2 aromatic heterocycles. The van der Waals surface area contributed by atoms with Crippen LogP contribution in [0.5, 0.6) is 0 Å². The van der Waals surface area contributed by atoms with E-state index in [1.165, 1.54) is 11.3 Å². The van der Waals surface area contributed by atoms with Gasteiger partial charge in [0.1, 0.15) is 9.71 Å². The first-order valence-electron chi connectivity index (χ1n) is 9.69. The predicted molar refractivity (Wildman–Crippen MR) is 116 cm³/mol. The van der Waals surface area contributed by atoms with E-state index in [0.29, 0.717) is 22.7 Å². The molecule has 0 bridgehead atoms. The number of likely N-dealkylation sites (tertiary alicyclic amines) is 1. The van der Waals surface area contributed by atoms with E-state index in [2.05, 4.69) is 12.2 Å². The molecule has 0 spiro atoms. The molecule has 1 atom stereocenters. The number of fused-ring (bicyclic) bond motifs is 1. The third-order valence-electron chi connectivity index (χ3n) is 5.65. The molecule has 1 aliphatic rings. The summed E-state index contributed by atoms with van der Waals surface area (Å²) in [5.41, 5.74) is 8.02. The van der Waals surface area contributed by atoms with Gasteiger partial charge in [-0.2, -0.15) is 0 Å². The Morgan fingerprint density at radius 3 is 2.69 bits per heavy atom. The Labute approximate surface area is 173 Å². The summed E-state index contributed by atoms with van der Waals surface area (Å²) in [6, 6.07) is 13.3. The molecule has 150 valence electrons. The minimum absolute atomic E-state index is 0.0554. The number of hydrogen-bond acceptors (Lipinski definition) is 5. The van der Waals surface area contributed by atoms with Gasteiger partial charge in [0, 0.05) is 42.2 Å². The van der Waals surface area contributed by atoms with E-state index in [9.17, 15) is 9.59 Å². The van der Waals surface area contributed by atoms with Crippen molar-refractivity contribution < 1.29 is 9.59 Å². The molecular weight excluding hydrogens is 384 g/mol. The molecule has 1 aromatic carbocycles. The normalized spacial score (nSPS) is 19.3. The lowest BCUT2D eigenvalue weighted by Gasteiger charge is -2.40. The summed E-state index contributed by atoms with van der Waals surface area (Å²) in [7, 11) is 1.59. The zero-order valence-electron chi connectivity index (χ0n) is 16.6. The lowest BCUT2D eigenvalue weighted by atomic mass is 9.78. The number of carbonyl (C=O) groups excluding carboxylic acids is 2. The fourth-order valence-electron chi connectivity index (χ4n) is 4.00. The number of aromatic nitrogens is 1. The van der Waals surface area contributed by atoms with Crippen LogP contribution in [0.25, 0.3) is 10.2 Å². The zero-order chi connectivity index (χ0) is 20.6. The molecule has 1 fully saturated rings. The van der Waals surface area contributed by atoms with Gasteiger partial charge in [-0.1, -0.05) is 25.1 Å². The fraction of sp³-hybridized carbons (Fsp3) is 0.318. The van der Waals surface area contributed by atoms with E-state index in [1.54, 1.807) is 7.05 Å². The lowest BCUT2D eigenvalue weighted by molar-refractivity contribution is 0.0648. The van der Waals surface area contributed by atoms with Gasteiger partial charge in [0.05, 0.1) is 5.69 Å². The molecule has 1 saturated heterocycles. The molecule has 3 aromatic rings. The van der Waals surface area contributed by atoms with Gasteiger partial charge in [0.25, 0.3) is 11.8 Å². The predicted octanol–water partition coefficient (Wildman–Crippen LogP) is 3.43. The standard InChI is InChI=1S/C22H24N4O2S/c1-22(11-6-12-26(13-22)21(28)14-7-4-3-5-8-14)16-10-9-15-17(23)18(19(27)24-2)29-20(15)25-16/h3-5,7-10H,6,11-13,23H2,1-2H3,(H,24,27)/t22-/m0/s1. The number of pyridine rings is 1. The van der Waals surface area contributed by atoms with E-state index in [4.69, 9.17) is 10.7 Å². The number of rotatable bonds is 3. The molecule has 2 amide bonds. The Bertz CT molecular complexity index is 1080. The van der Waals surface area contributed by atoms with Crippen LogP contribution in [0, 0.1) is 0 Å². The van der Waals surface area contributed by atoms with Crippen LogP contribution in [-0.2, 0) is 5.41 Å². The Kier molecular flexibility index (Phi) is 5.00. The number of amides is 2. The first kappa shape index (κ1) is 19.4. The summed E-state index contributed by atoms with van der Waals surface area (Å²) in [5.74, 6) is -0.143. The average molecular weight is 409 g/mol. The molecule has 1 aliphatic heterocycles. The highest BCUT2D eigenvalue weighted by molar-refractivity contribution is 7.21. The fourth-order valence-corrected chi connectivity index (χ4v) is 5.04. The van der Waals surface area contributed by atoms with E-state index >= 15 is 0 Å². The second-order valence-electron chi connectivity index (χ2n) is 7.73. The minimum Gasteiger partial charge on any atom is -0.397 e. The van der Waals surface area contributed by atoms with Gasteiger partial charge >= 0.3 is 0 Å². The number of piperidine rings is 1. The van der Waals surface area contributed by atoms with Crippen LogP contribution in [0.1, 0.15) is 45.5 Å². The van der Waals surface area contributed by atoms with Crippen LogP contribution in [-0.4, -0.2) is 41.8 Å². The summed E-state index contributed by atoms with van der Waals surface area (Å²) in [6.45, 7) is 3.52. The van der Waals surface area contributed by atoms with Crippen LogP contribution in [0.3, 0.4) is 0 Å². The summed E-state index contributed by atoms with van der Waals surface area (Å²) < 4.78 is 0. The molecule has 7 heteroatoms. The van der Waals surface area contributed by atoms with Crippen molar-refractivity contribution in [2.45, 2.75) is 25.2 Å². The van der Waals surface area contributed by atoms with Crippen LogP contribution in [0.15, 0.2) is 42.5 Å². The number of carbonyl (C=O) groups is 2. The van der Waals surface area contributed by atoms with Crippen LogP contribution in [0.4, 0.5) is 5.69 Å². The van der Waals surface area contributed by atoms with Crippen molar-refractivity contribution in [3.8, 4) is 0 Å². The Hall–Kier alpha value is -2.93. The second-order valence-corrected chi connectivity index (χ2v) is 8.73. The highest BCUT2D eigenvalue weighted by atomic mass is 32.1. The van der Waals surface area contributed by atoms with Crippen molar-refractivity contribution in [1.82, 2.24) is 15.2 Å². The number of nitrogens with zero attached hydrogens (tertiary/aromatic N) is 2. The van der Waals surface area contributed by atoms with Gasteiger partial charge in [-0.05, 0) is 37.1 Å². The number of hydrogen-bond donors (Lipinski definition) is 2. The molecule has 0 radical (unpaired) electrons. The summed E-state index contributed by atoms with van der Waals surface area (Å²) in [4.78, 5) is 33.0. The van der Waals surface area contributed by atoms with Gasteiger partial charge in [0.2, 0.25) is 0 Å². The smallest absolute Gasteiger partial charge is 0.263 e. The van der Waals surface area contributed by atoms with Gasteiger partial charge in [-0.3, -0.25) is 9.59 Å². The highest BCUT2D eigenvalue weighted by Crippen LogP contribution is 2.37. The monoisotopic (exact) mass is 408 g/mol. The number of thiophene rings is 1. The molecule has 0 unspecified atom stereocenters. The molecule has 4 rings (SSSR count). The van der Waals surface area contributed by atoms with Crippen molar-refractivity contribution >= 4 is 39.1 Å². The largest absolute Gasteiger partial charge is 0.397 e. The zero-order valence-corrected chi connectivity index (χ0v) is 17.4. The Morgan fingerprint density at radius 2 is 1.97 bits per heavy atom.